The second-order valence-electron chi connectivity index (χ2n) is 9.37. The number of hydrogen-bond donors (Lipinski definition) is 1. The first-order valence-corrected chi connectivity index (χ1v) is 13.2. The fourth-order valence-corrected chi connectivity index (χ4v) is 4.75. The van der Waals surface area contributed by atoms with Crippen LogP contribution in [0, 0.1) is 6.92 Å². The number of aryl methyl sites for hydroxylation is 1. The lowest BCUT2D eigenvalue weighted by Crippen LogP contribution is -2.34. The van der Waals surface area contributed by atoms with Gasteiger partial charge in [0, 0.05) is 29.7 Å². The zero-order chi connectivity index (χ0) is 26.3. The largest absolute Gasteiger partial charge is 0.490 e. The van der Waals surface area contributed by atoms with Crippen LogP contribution in [-0.4, -0.2) is 40.1 Å². The van der Waals surface area contributed by atoms with E-state index >= 15 is 0 Å². The van der Waals surface area contributed by atoms with Gasteiger partial charge in [-0.15, -0.1) is 0 Å². The lowest BCUT2D eigenvalue weighted by atomic mass is 10.2. The number of ether oxygens (including phenoxy) is 2. The molecule has 1 amide bonds. The molecule has 2 aromatic carbocycles. The summed E-state index contributed by atoms with van der Waals surface area (Å²) >= 11 is 6.28. The zero-order valence-corrected chi connectivity index (χ0v) is 22.2. The van der Waals surface area contributed by atoms with E-state index in [9.17, 15) is 4.79 Å². The molecule has 196 valence electrons. The van der Waals surface area contributed by atoms with Crippen molar-refractivity contribution in [2.75, 3.05) is 25.0 Å². The SMILES string of the molecule is Cc1cccnc1-n1cccc1CN1CCCCCOc2ccccc2Oc2ccc(Cl)cc2NC(=O)C1. The molecular formula is C30H31ClN4O3. The number of carbonyl (C=O) groups is 1. The van der Waals surface area contributed by atoms with Gasteiger partial charge in [0.2, 0.25) is 5.91 Å². The van der Waals surface area contributed by atoms with E-state index in [1.54, 1.807) is 24.4 Å². The van der Waals surface area contributed by atoms with Crippen molar-refractivity contribution in [2.45, 2.75) is 32.7 Å². The van der Waals surface area contributed by atoms with Gasteiger partial charge < -0.3 is 19.4 Å². The average Bonchev–Trinajstić information content (AvgIpc) is 3.35. The van der Waals surface area contributed by atoms with E-state index in [4.69, 9.17) is 21.1 Å². The minimum absolute atomic E-state index is 0.136. The summed E-state index contributed by atoms with van der Waals surface area (Å²) in [6.45, 7) is 4.25. The highest BCUT2D eigenvalue weighted by Gasteiger charge is 2.18. The van der Waals surface area contributed by atoms with E-state index in [-0.39, 0.29) is 12.5 Å². The second-order valence-corrected chi connectivity index (χ2v) is 9.81. The van der Waals surface area contributed by atoms with E-state index in [0.717, 1.165) is 42.9 Å². The van der Waals surface area contributed by atoms with Crippen molar-refractivity contribution < 1.29 is 14.3 Å². The Bertz CT molecular complexity index is 1400. The standard InChI is InChI=1S/C30H31ClN4O3/c1-22-9-7-15-32-30(22)35-17-8-10-24(35)20-34-16-5-2-6-18-37-27-11-3-4-12-28(27)38-26-14-13-23(31)19-25(26)33-29(36)21-34/h3-4,7-15,17,19H,2,5-6,16,18,20-21H2,1H3,(H,33,36). The molecule has 0 saturated heterocycles. The average molecular weight is 531 g/mol. The van der Waals surface area contributed by atoms with E-state index < -0.39 is 0 Å². The number of carbonyl (C=O) groups excluding carboxylic acids is 1. The number of nitrogens with one attached hydrogen (secondary N) is 1. The number of anilines is 1. The molecule has 1 aliphatic heterocycles. The normalized spacial score (nSPS) is 15.2. The van der Waals surface area contributed by atoms with Gasteiger partial charge in [-0.05, 0) is 86.8 Å². The maximum atomic E-state index is 13.3. The third kappa shape index (κ3) is 6.36. The Morgan fingerprint density at radius 1 is 0.974 bits per heavy atom. The number of rotatable bonds is 3. The molecular weight excluding hydrogens is 500 g/mol. The first-order chi connectivity index (χ1) is 18.6. The third-order valence-electron chi connectivity index (χ3n) is 6.46. The van der Waals surface area contributed by atoms with Crippen molar-refractivity contribution in [1.82, 2.24) is 14.5 Å². The van der Waals surface area contributed by atoms with Crippen molar-refractivity contribution in [3.63, 3.8) is 0 Å². The molecule has 0 aliphatic carbocycles. The molecule has 1 aliphatic rings. The molecule has 0 spiro atoms. The van der Waals surface area contributed by atoms with Crippen LogP contribution in [0.15, 0.2) is 79.1 Å². The van der Waals surface area contributed by atoms with Crippen LogP contribution in [-0.2, 0) is 11.3 Å². The molecule has 0 unspecified atom stereocenters. The summed E-state index contributed by atoms with van der Waals surface area (Å²) in [4.78, 5) is 20.0. The highest BCUT2D eigenvalue weighted by atomic mass is 35.5. The highest BCUT2D eigenvalue weighted by molar-refractivity contribution is 6.31. The fourth-order valence-electron chi connectivity index (χ4n) is 4.57. The van der Waals surface area contributed by atoms with Gasteiger partial charge in [0.15, 0.2) is 17.2 Å². The Kier molecular flexibility index (Phi) is 8.26. The molecule has 0 radical (unpaired) electrons. The van der Waals surface area contributed by atoms with E-state index in [2.05, 4.69) is 38.8 Å². The monoisotopic (exact) mass is 530 g/mol. The van der Waals surface area contributed by atoms with Crippen LogP contribution in [0.5, 0.6) is 17.2 Å². The molecule has 38 heavy (non-hydrogen) atoms. The number of amides is 1. The van der Waals surface area contributed by atoms with Gasteiger partial charge in [-0.3, -0.25) is 9.69 Å². The first-order valence-electron chi connectivity index (χ1n) is 12.9. The Hall–Kier alpha value is -3.81. The summed E-state index contributed by atoms with van der Waals surface area (Å²) in [5.41, 5.74) is 2.68. The molecule has 0 bridgehead atoms. The van der Waals surface area contributed by atoms with Crippen LogP contribution in [0.25, 0.3) is 5.82 Å². The molecule has 5 rings (SSSR count). The topological polar surface area (TPSA) is 68.6 Å². The van der Waals surface area contributed by atoms with Crippen molar-refractivity contribution in [3.8, 4) is 23.1 Å². The van der Waals surface area contributed by atoms with Crippen LogP contribution >= 0.6 is 11.6 Å². The van der Waals surface area contributed by atoms with Gasteiger partial charge in [0.1, 0.15) is 5.82 Å². The van der Waals surface area contributed by atoms with E-state index in [1.807, 2.05) is 42.6 Å². The molecule has 0 fully saturated rings. The fraction of sp³-hybridized carbons (Fsp3) is 0.267. The van der Waals surface area contributed by atoms with Crippen LogP contribution in [0.1, 0.15) is 30.5 Å². The zero-order valence-electron chi connectivity index (χ0n) is 21.4. The number of halogens is 1. The van der Waals surface area contributed by atoms with Gasteiger partial charge in [0.25, 0.3) is 0 Å². The minimum Gasteiger partial charge on any atom is -0.490 e. The van der Waals surface area contributed by atoms with Crippen LogP contribution in [0.4, 0.5) is 5.69 Å². The molecule has 0 atom stereocenters. The molecule has 4 aromatic rings. The molecule has 2 aromatic heterocycles. The summed E-state index contributed by atoms with van der Waals surface area (Å²) in [7, 11) is 0. The maximum Gasteiger partial charge on any atom is 0.238 e. The Morgan fingerprint density at radius 2 is 1.84 bits per heavy atom. The van der Waals surface area contributed by atoms with Crippen molar-refractivity contribution in [3.05, 3.63) is 95.4 Å². The Balaban J connectivity index is 1.39. The van der Waals surface area contributed by atoms with Crippen molar-refractivity contribution in [1.29, 1.82) is 0 Å². The van der Waals surface area contributed by atoms with Crippen LogP contribution in [0.2, 0.25) is 5.02 Å². The lowest BCUT2D eigenvalue weighted by molar-refractivity contribution is -0.117. The molecule has 1 N–H and O–H groups in total. The van der Waals surface area contributed by atoms with Gasteiger partial charge >= 0.3 is 0 Å². The van der Waals surface area contributed by atoms with Gasteiger partial charge in [-0.25, -0.2) is 4.98 Å². The summed E-state index contributed by atoms with van der Waals surface area (Å²) in [6, 6.07) is 20.8. The quantitative estimate of drug-likeness (QED) is 0.322. The summed E-state index contributed by atoms with van der Waals surface area (Å²) in [5.74, 6) is 2.52. The summed E-state index contributed by atoms with van der Waals surface area (Å²) in [6.07, 6.45) is 6.65. The number of pyridine rings is 1. The van der Waals surface area contributed by atoms with Crippen molar-refractivity contribution in [2.24, 2.45) is 0 Å². The predicted molar refractivity (Wildman–Crippen MR) is 150 cm³/mol. The molecule has 8 heteroatoms. The van der Waals surface area contributed by atoms with Crippen LogP contribution in [0.3, 0.4) is 0 Å². The summed E-state index contributed by atoms with van der Waals surface area (Å²) in [5, 5.41) is 3.53. The summed E-state index contributed by atoms with van der Waals surface area (Å²) < 4.78 is 14.3. The van der Waals surface area contributed by atoms with Gasteiger partial charge in [-0.2, -0.15) is 0 Å². The number of fused-ring (bicyclic) bond motifs is 2. The third-order valence-corrected chi connectivity index (χ3v) is 6.69. The maximum absolute atomic E-state index is 13.3. The first kappa shape index (κ1) is 25.8. The predicted octanol–water partition coefficient (Wildman–Crippen LogP) is 6.63. The van der Waals surface area contributed by atoms with Crippen molar-refractivity contribution >= 4 is 23.2 Å². The number of nitrogens with zero attached hydrogens (tertiary/aromatic N) is 3. The van der Waals surface area contributed by atoms with E-state index in [1.165, 1.54) is 0 Å². The molecule has 0 saturated carbocycles. The number of hydrogen-bond acceptors (Lipinski definition) is 5. The Labute approximate surface area is 228 Å². The van der Waals surface area contributed by atoms with Gasteiger partial charge in [-0.1, -0.05) is 29.8 Å². The smallest absolute Gasteiger partial charge is 0.238 e. The number of aromatic nitrogens is 2. The number of para-hydroxylation sites is 2. The second kappa shape index (κ2) is 12.2. The lowest BCUT2D eigenvalue weighted by Gasteiger charge is -2.23. The van der Waals surface area contributed by atoms with Crippen LogP contribution < -0.4 is 14.8 Å². The van der Waals surface area contributed by atoms with E-state index in [0.29, 0.717) is 41.1 Å². The number of benzene rings is 2. The van der Waals surface area contributed by atoms with Gasteiger partial charge in [0.05, 0.1) is 18.8 Å². The molecule has 7 nitrogen and oxygen atoms in total. The minimum atomic E-state index is -0.136. The highest BCUT2D eigenvalue weighted by Crippen LogP contribution is 2.36. The molecule has 3 heterocycles. The Morgan fingerprint density at radius 3 is 2.71 bits per heavy atom.